The largest absolute Gasteiger partial charge is 0.481 e. The Balaban J connectivity index is 1.63. The highest BCUT2D eigenvalue weighted by atomic mass is 16.4. The van der Waals surface area contributed by atoms with E-state index in [1.807, 2.05) is 48.5 Å². The molecule has 28 heavy (non-hydrogen) atoms. The quantitative estimate of drug-likeness (QED) is 0.730. The van der Waals surface area contributed by atoms with Gasteiger partial charge in [0.25, 0.3) is 0 Å². The first-order chi connectivity index (χ1) is 13.5. The first kappa shape index (κ1) is 19.5. The summed E-state index contributed by atoms with van der Waals surface area (Å²) in [6.45, 7) is 0.715. The zero-order chi connectivity index (χ0) is 19.9. The van der Waals surface area contributed by atoms with Gasteiger partial charge in [-0.25, -0.2) is 0 Å². The molecule has 0 bridgehead atoms. The van der Waals surface area contributed by atoms with Crippen molar-refractivity contribution in [3.05, 3.63) is 66.0 Å². The molecule has 2 amide bonds. The number of nitrogens with one attached hydrogen (secondary N) is 1. The normalized spacial score (nSPS) is 17.4. The molecule has 1 fully saturated rings. The van der Waals surface area contributed by atoms with Crippen LogP contribution in [0.4, 0.5) is 0 Å². The molecule has 2 unspecified atom stereocenters. The van der Waals surface area contributed by atoms with Crippen molar-refractivity contribution < 1.29 is 19.5 Å². The Morgan fingerprint density at radius 2 is 1.93 bits per heavy atom. The molecule has 1 aliphatic rings. The second-order valence-corrected chi connectivity index (χ2v) is 6.90. The van der Waals surface area contributed by atoms with Crippen LogP contribution in [0.5, 0.6) is 0 Å². The molecule has 7 nitrogen and oxygen atoms in total. The molecule has 0 radical (unpaired) electrons. The summed E-state index contributed by atoms with van der Waals surface area (Å²) in [5.41, 5.74) is 1.63. The van der Waals surface area contributed by atoms with E-state index in [-0.39, 0.29) is 24.7 Å². The highest BCUT2D eigenvalue weighted by Gasteiger charge is 2.35. The van der Waals surface area contributed by atoms with Crippen LogP contribution >= 0.6 is 0 Å². The molecule has 2 atom stereocenters. The number of aromatic nitrogens is 1. The molecule has 7 heteroatoms. The number of nitrogens with zero attached hydrogens (tertiary/aromatic N) is 2. The van der Waals surface area contributed by atoms with Gasteiger partial charge in [0.15, 0.2) is 0 Å². The molecule has 0 saturated carbocycles. The predicted molar refractivity (Wildman–Crippen MR) is 102 cm³/mol. The third-order valence-corrected chi connectivity index (χ3v) is 4.83. The Hall–Kier alpha value is -3.22. The van der Waals surface area contributed by atoms with E-state index in [4.69, 9.17) is 5.11 Å². The van der Waals surface area contributed by atoms with E-state index < -0.39 is 17.9 Å². The van der Waals surface area contributed by atoms with Crippen molar-refractivity contribution in [2.45, 2.75) is 31.8 Å². The van der Waals surface area contributed by atoms with Crippen molar-refractivity contribution in [1.29, 1.82) is 0 Å². The Kier molecular flexibility index (Phi) is 6.37. The molecule has 146 valence electrons. The maximum Gasteiger partial charge on any atom is 0.303 e. The monoisotopic (exact) mass is 381 g/mol. The summed E-state index contributed by atoms with van der Waals surface area (Å²) in [7, 11) is 0. The number of aliphatic carboxylic acids is 1. The second kappa shape index (κ2) is 9.12. The lowest BCUT2D eigenvalue weighted by atomic mass is 10.00. The summed E-state index contributed by atoms with van der Waals surface area (Å²) >= 11 is 0. The van der Waals surface area contributed by atoms with E-state index in [0.717, 1.165) is 11.3 Å². The van der Waals surface area contributed by atoms with Gasteiger partial charge in [-0.2, -0.15) is 0 Å². The van der Waals surface area contributed by atoms with Crippen LogP contribution in [-0.2, 0) is 20.9 Å². The molecule has 2 aromatic rings. The topological polar surface area (TPSA) is 99.6 Å². The summed E-state index contributed by atoms with van der Waals surface area (Å²) in [6, 6.07) is 14.4. The van der Waals surface area contributed by atoms with E-state index in [9.17, 15) is 14.4 Å². The molecule has 2 N–H and O–H groups in total. The summed E-state index contributed by atoms with van der Waals surface area (Å²) in [4.78, 5) is 41.9. The van der Waals surface area contributed by atoms with E-state index in [1.54, 1.807) is 11.1 Å². The van der Waals surface area contributed by atoms with Gasteiger partial charge in [-0.1, -0.05) is 36.4 Å². The SMILES string of the molecule is O=C(O)CCC(NC(=O)C1CC(=O)N(Cc2ccccn2)C1)c1ccccc1. The van der Waals surface area contributed by atoms with Crippen molar-refractivity contribution >= 4 is 17.8 Å². The summed E-state index contributed by atoms with van der Waals surface area (Å²) in [6.07, 6.45) is 2.07. The van der Waals surface area contributed by atoms with E-state index in [1.165, 1.54) is 0 Å². The van der Waals surface area contributed by atoms with Crippen LogP contribution in [0.15, 0.2) is 54.7 Å². The minimum absolute atomic E-state index is 0.0464. The number of amides is 2. The van der Waals surface area contributed by atoms with Crippen molar-refractivity contribution in [2.75, 3.05) is 6.54 Å². The number of pyridine rings is 1. The minimum Gasteiger partial charge on any atom is -0.481 e. The van der Waals surface area contributed by atoms with Crippen molar-refractivity contribution in [3.63, 3.8) is 0 Å². The van der Waals surface area contributed by atoms with Crippen LogP contribution in [0.1, 0.15) is 36.6 Å². The second-order valence-electron chi connectivity index (χ2n) is 6.90. The molecule has 2 heterocycles. The fourth-order valence-corrected chi connectivity index (χ4v) is 3.35. The van der Waals surface area contributed by atoms with Gasteiger partial charge in [0.05, 0.1) is 24.2 Å². The number of carboxylic acids is 1. The van der Waals surface area contributed by atoms with Gasteiger partial charge in [-0.15, -0.1) is 0 Å². The van der Waals surface area contributed by atoms with Crippen LogP contribution in [0, 0.1) is 5.92 Å². The van der Waals surface area contributed by atoms with Crippen LogP contribution < -0.4 is 5.32 Å². The molecular weight excluding hydrogens is 358 g/mol. The number of rotatable bonds is 8. The third-order valence-electron chi connectivity index (χ3n) is 4.83. The number of hydrogen-bond acceptors (Lipinski definition) is 4. The van der Waals surface area contributed by atoms with Gasteiger partial charge in [0.2, 0.25) is 11.8 Å². The van der Waals surface area contributed by atoms with Crippen LogP contribution in [0.2, 0.25) is 0 Å². The summed E-state index contributed by atoms with van der Waals surface area (Å²) in [5, 5.41) is 11.9. The minimum atomic E-state index is -0.909. The smallest absolute Gasteiger partial charge is 0.303 e. The summed E-state index contributed by atoms with van der Waals surface area (Å²) < 4.78 is 0. The van der Waals surface area contributed by atoms with Gasteiger partial charge in [-0.05, 0) is 24.1 Å². The number of carbonyl (C=O) groups excluding carboxylic acids is 2. The van der Waals surface area contributed by atoms with Crippen molar-refractivity contribution in [2.24, 2.45) is 5.92 Å². The third kappa shape index (κ3) is 5.16. The van der Waals surface area contributed by atoms with E-state index >= 15 is 0 Å². The Morgan fingerprint density at radius 3 is 2.61 bits per heavy atom. The van der Waals surface area contributed by atoms with E-state index in [0.29, 0.717) is 19.5 Å². The average molecular weight is 381 g/mol. The maximum absolute atomic E-state index is 12.8. The van der Waals surface area contributed by atoms with Gasteiger partial charge >= 0.3 is 5.97 Å². The Bertz CT molecular complexity index is 826. The predicted octanol–water partition coefficient (Wildman–Crippen LogP) is 2.15. The number of carbonyl (C=O) groups is 3. The zero-order valence-electron chi connectivity index (χ0n) is 15.5. The molecular formula is C21H23N3O4. The highest BCUT2D eigenvalue weighted by molar-refractivity contribution is 5.89. The first-order valence-electron chi connectivity index (χ1n) is 9.27. The van der Waals surface area contributed by atoms with Crippen LogP contribution in [-0.4, -0.2) is 39.3 Å². The van der Waals surface area contributed by atoms with E-state index in [2.05, 4.69) is 10.3 Å². The number of carboxylic acid groups (broad SMARTS) is 1. The lowest BCUT2D eigenvalue weighted by Gasteiger charge is -2.21. The lowest BCUT2D eigenvalue weighted by molar-refractivity contribution is -0.137. The Morgan fingerprint density at radius 1 is 1.18 bits per heavy atom. The van der Waals surface area contributed by atoms with Crippen molar-refractivity contribution in [1.82, 2.24) is 15.2 Å². The fourth-order valence-electron chi connectivity index (χ4n) is 3.35. The first-order valence-corrected chi connectivity index (χ1v) is 9.27. The standard InChI is InChI=1S/C21H23N3O4/c25-19-12-16(13-24(19)14-17-8-4-5-11-22-17)21(28)23-18(9-10-20(26)27)15-6-2-1-3-7-15/h1-8,11,16,18H,9-10,12-14H2,(H,23,28)(H,26,27). The molecule has 1 saturated heterocycles. The lowest BCUT2D eigenvalue weighted by Crippen LogP contribution is -2.35. The molecule has 0 aliphatic carbocycles. The number of likely N-dealkylation sites (tertiary alicyclic amines) is 1. The number of hydrogen-bond donors (Lipinski definition) is 2. The molecule has 0 spiro atoms. The Labute approximate surface area is 163 Å². The zero-order valence-corrected chi connectivity index (χ0v) is 15.5. The van der Waals surface area contributed by atoms with Gasteiger partial charge < -0.3 is 15.3 Å². The van der Waals surface area contributed by atoms with Gasteiger partial charge in [0, 0.05) is 25.6 Å². The molecule has 1 aromatic heterocycles. The highest BCUT2D eigenvalue weighted by Crippen LogP contribution is 2.23. The fraction of sp³-hybridized carbons (Fsp3) is 0.333. The van der Waals surface area contributed by atoms with Crippen LogP contribution in [0.25, 0.3) is 0 Å². The van der Waals surface area contributed by atoms with Crippen LogP contribution in [0.3, 0.4) is 0 Å². The maximum atomic E-state index is 12.8. The average Bonchev–Trinajstić information content (AvgIpc) is 3.07. The number of benzene rings is 1. The molecule has 3 rings (SSSR count). The van der Waals surface area contributed by atoms with Gasteiger partial charge in [-0.3, -0.25) is 19.4 Å². The molecule has 1 aromatic carbocycles. The van der Waals surface area contributed by atoms with Gasteiger partial charge in [0.1, 0.15) is 0 Å². The summed E-state index contributed by atoms with van der Waals surface area (Å²) in [5.74, 6) is -1.66. The van der Waals surface area contributed by atoms with Crippen molar-refractivity contribution in [3.8, 4) is 0 Å². The molecule has 1 aliphatic heterocycles.